The van der Waals surface area contributed by atoms with Gasteiger partial charge in [0.05, 0.1) is 0 Å². The molecule has 2 heterocycles. The van der Waals surface area contributed by atoms with Gasteiger partial charge in [0.2, 0.25) is 0 Å². The summed E-state index contributed by atoms with van der Waals surface area (Å²) in [5, 5.41) is 11.8. The first-order chi connectivity index (χ1) is 12.8. The van der Waals surface area contributed by atoms with E-state index in [0.29, 0.717) is 0 Å². The monoisotopic (exact) mass is 377 g/mol. The van der Waals surface area contributed by atoms with Gasteiger partial charge in [-0.2, -0.15) is 0 Å². The largest absolute Gasteiger partial charge is 0.309 e. The molecular formula is C21H19N3S2. The average molecular weight is 378 g/mol. The van der Waals surface area contributed by atoms with Gasteiger partial charge in [-0.1, -0.05) is 72.4 Å². The van der Waals surface area contributed by atoms with E-state index in [-0.39, 0.29) is 0 Å². The molecular weight excluding hydrogens is 358 g/mol. The van der Waals surface area contributed by atoms with Crippen LogP contribution in [-0.2, 0) is 19.2 Å². The van der Waals surface area contributed by atoms with E-state index in [1.54, 1.807) is 23.1 Å². The minimum Gasteiger partial charge on any atom is -0.309 e. The zero-order valence-electron chi connectivity index (χ0n) is 14.5. The van der Waals surface area contributed by atoms with Crippen molar-refractivity contribution in [2.24, 2.45) is 7.05 Å². The van der Waals surface area contributed by atoms with Crippen LogP contribution in [0.3, 0.4) is 0 Å². The molecule has 0 atom stereocenters. The van der Waals surface area contributed by atoms with Crippen molar-refractivity contribution in [2.45, 2.75) is 17.3 Å². The molecule has 3 nitrogen and oxygen atoms in total. The fraction of sp³-hybridized carbons (Fsp3) is 0.143. The van der Waals surface area contributed by atoms with Crippen LogP contribution in [0.2, 0.25) is 0 Å². The molecule has 2 aromatic heterocycles. The first-order valence-corrected chi connectivity index (χ1v) is 10.3. The Morgan fingerprint density at radius 2 is 1.65 bits per heavy atom. The van der Waals surface area contributed by atoms with Gasteiger partial charge in [0, 0.05) is 24.1 Å². The summed E-state index contributed by atoms with van der Waals surface area (Å²) in [5.41, 5.74) is 3.78. The molecule has 0 aliphatic heterocycles. The second-order valence-electron chi connectivity index (χ2n) is 6.07. The molecule has 2 aromatic carbocycles. The lowest BCUT2D eigenvalue weighted by Crippen LogP contribution is -1.99. The van der Waals surface area contributed by atoms with Crippen molar-refractivity contribution in [3.05, 3.63) is 88.4 Å². The molecule has 0 spiro atoms. The van der Waals surface area contributed by atoms with E-state index in [1.165, 1.54) is 21.6 Å². The fourth-order valence-electron chi connectivity index (χ4n) is 2.77. The van der Waals surface area contributed by atoms with Crippen molar-refractivity contribution < 1.29 is 0 Å². The standard InChI is InChI=1S/C21H19N3S2/c1-24-20(14-19-8-5-13-25-19)22-23-21(24)26-15-16-9-11-18(12-10-16)17-6-3-2-4-7-17/h2-13H,14-15H2,1H3. The Kier molecular flexibility index (Phi) is 5.18. The molecule has 4 aromatic rings. The van der Waals surface area contributed by atoms with Crippen LogP contribution in [0.15, 0.2) is 77.3 Å². The van der Waals surface area contributed by atoms with Crippen LogP contribution in [0, 0.1) is 0 Å². The van der Waals surface area contributed by atoms with Crippen LogP contribution in [0.25, 0.3) is 11.1 Å². The number of hydrogen-bond acceptors (Lipinski definition) is 4. The lowest BCUT2D eigenvalue weighted by atomic mass is 10.0. The molecule has 5 heteroatoms. The van der Waals surface area contributed by atoms with Crippen molar-refractivity contribution in [3.63, 3.8) is 0 Å². The van der Waals surface area contributed by atoms with E-state index in [9.17, 15) is 0 Å². The van der Waals surface area contributed by atoms with Crippen molar-refractivity contribution in [2.75, 3.05) is 0 Å². The Hall–Kier alpha value is -2.37. The summed E-state index contributed by atoms with van der Waals surface area (Å²) in [6.45, 7) is 0. The molecule has 0 aliphatic carbocycles. The van der Waals surface area contributed by atoms with Gasteiger partial charge in [0.25, 0.3) is 0 Å². The van der Waals surface area contributed by atoms with Gasteiger partial charge in [0.1, 0.15) is 5.82 Å². The van der Waals surface area contributed by atoms with Crippen molar-refractivity contribution in [1.29, 1.82) is 0 Å². The Morgan fingerprint density at radius 3 is 2.38 bits per heavy atom. The molecule has 0 saturated heterocycles. The zero-order valence-corrected chi connectivity index (χ0v) is 16.1. The lowest BCUT2D eigenvalue weighted by molar-refractivity contribution is 0.751. The first-order valence-electron chi connectivity index (χ1n) is 8.47. The first kappa shape index (κ1) is 17.1. The summed E-state index contributed by atoms with van der Waals surface area (Å²) >= 11 is 3.49. The van der Waals surface area contributed by atoms with Crippen molar-refractivity contribution >= 4 is 23.1 Å². The van der Waals surface area contributed by atoms with Crippen LogP contribution in [0.1, 0.15) is 16.3 Å². The Bertz CT molecular complexity index is 958. The topological polar surface area (TPSA) is 30.7 Å². The molecule has 0 aliphatic rings. The van der Waals surface area contributed by atoms with Crippen LogP contribution < -0.4 is 0 Å². The molecule has 4 rings (SSSR count). The highest BCUT2D eigenvalue weighted by Gasteiger charge is 2.10. The lowest BCUT2D eigenvalue weighted by Gasteiger charge is -2.05. The van der Waals surface area contributed by atoms with Gasteiger partial charge < -0.3 is 4.57 Å². The Labute approximate surface area is 161 Å². The quantitative estimate of drug-likeness (QED) is 0.420. The van der Waals surface area contributed by atoms with Gasteiger partial charge >= 0.3 is 0 Å². The zero-order chi connectivity index (χ0) is 17.8. The number of thioether (sulfide) groups is 1. The number of nitrogens with zero attached hydrogens (tertiary/aromatic N) is 3. The van der Waals surface area contributed by atoms with Gasteiger partial charge in [-0.3, -0.25) is 0 Å². The van der Waals surface area contributed by atoms with E-state index < -0.39 is 0 Å². The summed E-state index contributed by atoms with van der Waals surface area (Å²) in [7, 11) is 2.05. The molecule has 0 amide bonds. The predicted octanol–water partition coefficient (Wildman–Crippen LogP) is 5.43. The third-order valence-electron chi connectivity index (χ3n) is 4.27. The molecule has 0 radical (unpaired) electrons. The van der Waals surface area contributed by atoms with Gasteiger partial charge in [0.15, 0.2) is 5.16 Å². The average Bonchev–Trinajstić information content (AvgIpc) is 3.32. The van der Waals surface area contributed by atoms with E-state index >= 15 is 0 Å². The molecule has 26 heavy (non-hydrogen) atoms. The maximum atomic E-state index is 4.36. The molecule has 0 bridgehead atoms. The van der Waals surface area contributed by atoms with Crippen LogP contribution in [0.5, 0.6) is 0 Å². The Morgan fingerprint density at radius 1 is 0.885 bits per heavy atom. The number of rotatable bonds is 6. The SMILES string of the molecule is Cn1c(Cc2cccs2)nnc1SCc1ccc(-c2ccccc2)cc1. The molecule has 130 valence electrons. The van der Waals surface area contributed by atoms with Crippen molar-refractivity contribution in [1.82, 2.24) is 14.8 Å². The summed E-state index contributed by atoms with van der Waals surface area (Å²) in [5.74, 6) is 1.90. The third kappa shape index (κ3) is 3.89. The summed E-state index contributed by atoms with van der Waals surface area (Å²) < 4.78 is 2.10. The van der Waals surface area contributed by atoms with E-state index in [1.807, 2.05) is 13.1 Å². The van der Waals surface area contributed by atoms with E-state index in [4.69, 9.17) is 0 Å². The summed E-state index contributed by atoms with van der Waals surface area (Å²) in [4.78, 5) is 1.31. The minimum atomic E-state index is 0.841. The van der Waals surface area contributed by atoms with Crippen LogP contribution in [-0.4, -0.2) is 14.8 Å². The summed E-state index contributed by atoms with van der Waals surface area (Å²) in [6.07, 6.45) is 0.841. The second-order valence-corrected chi connectivity index (χ2v) is 8.04. The normalized spacial score (nSPS) is 11.0. The Balaban J connectivity index is 1.40. The van der Waals surface area contributed by atoms with Crippen molar-refractivity contribution in [3.8, 4) is 11.1 Å². The highest BCUT2D eigenvalue weighted by molar-refractivity contribution is 7.98. The highest BCUT2D eigenvalue weighted by atomic mass is 32.2. The number of benzene rings is 2. The van der Waals surface area contributed by atoms with Gasteiger partial charge in [-0.25, -0.2) is 0 Å². The minimum absolute atomic E-state index is 0.841. The molecule has 0 unspecified atom stereocenters. The highest BCUT2D eigenvalue weighted by Crippen LogP contribution is 2.25. The number of thiophene rings is 1. The van der Waals surface area contributed by atoms with E-state index in [2.05, 4.69) is 80.8 Å². The van der Waals surface area contributed by atoms with E-state index in [0.717, 1.165) is 23.2 Å². The molecule has 0 saturated carbocycles. The summed E-state index contributed by atoms with van der Waals surface area (Å²) in [6, 6.07) is 23.4. The van der Waals surface area contributed by atoms with Crippen LogP contribution >= 0.6 is 23.1 Å². The number of hydrogen-bond donors (Lipinski definition) is 0. The third-order valence-corrected chi connectivity index (χ3v) is 6.23. The number of aromatic nitrogens is 3. The predicted molar refractivity (Wildman–Crippen MR) is 110 cm³/mol. The van der Waals surface area contributed by atoms with Crippen LogP contribution in [0.4, 0.5) is 0 Å². The fourth-order valence-corrected chi connectivity index (χ4v) is 4.35. The van der Waals surface area contributed by atoms with Gasteiger partial charge in [-0.05, 0) is 28.1 Å². The second kappa shape index (κ2) is 7.89. The molecule has 0 fully saturated rings. The maximum absolute atomic E-state index is 4.36. The maximum Gasteiger partial charge on any atom is 0.191 e. The molecule has 0 N–H and O–H groups in total. The smallest absolute Gasteiger partial charge is 0.191 e. The van der Waals surface area contributed by atoms with Gasteiger partial charge in [-0.15, -0.1) is 21.5 Å².